The Hall–Kier alpha value is -3.38. The number of carbonyl (C=O) groups excluding carboxylic acids is 1. The number of benzene rings is 3. The fraction of sp³-hybridized carbons (Fsp3) is 0.345. The molecule has 0 aromatic heterocycles. The first-order valence-electron chi connectivity index (χ1n) is 11.7. The molecule has 3 aromatic rings. The second kappa shape index (κ2) is 11.8. The van der Waals surface area contributed by atoms with E-state index in [4.69, 9.17) is 14.2 Å². The molecule has 0 aliphatic carbocycles. The van der Waals surface area contributed by atoms with Gasteiger partial charge in [0.15, 0.2) is 11.6 Å². The van der Waals surface area contributed by atoms with Gasteiger partial charge in [0.05, 0.1) is 6.61 Å². The Balaban J connectivity index is 1.95. The number of hydrogen-bond donors (Lipinski definition) is 1. The van der Waals surface area contributed by atoms with Crippen molar-refractivity contribution in [1.82, 2.24) is 5.32 Å². The number of methoxy groups -OCH3 is 1. The summed E-state index contributed by atoms with van der Waals surface area (Å²) in [5.74, 6) is -0.366. The van der Waals surface area contributed by atoms with E-state index < -0.39 is 17.5 Å². The van der Waals surface area contributed by atoms with Crippen molar-refractivity contribution >= 4 is 6.09 Å². The smallest absolute Gasteiger partial charge is 0.407 e. The van der Waals surface area contributed by atoms with Gasteiger partial charge in [0, 0.05) is 25.1 Å². The highest BCUT2D eigenvalue weighted by Gasteiger charge is 2.21. The van der Waals surface area contributed by atoms with Crippen LogP contribution in [0.3, 0.4) is 0 Å². The Labute approximate surface area is 207 Å². The van der Waals surface area contributed by atoms with Crippen molar-refractivity contribution in [3.8, 4) is 16.9 Å². The van der Waals surface area contributed by atoms with E-state index in [-0.39, 0.29) is 18.3 Å². The third-order valence-corrected chi connectivity index (χ3v) is 5.51. The highest BCUT2D eigenvalue weighted by atomic mass is 19.1. The standard InChI is InChI=1S/C29H34FNO4/c1-20-14-15-22(18-24(20)23-12-9-13-26(27(23)30)34-17-16-33-5)25(21-10-7-6-8-11-21)19-31-28(32)35-29(2,3)4/h6-15,18,25H,16-17,19H2,1-5H3,(H,31,32). The van der Waals surface area contributed by atoms with Crippen molar-refractivity contribution in [2.45, 2.75) is 39.2 Å². The predicted molar refractivity (Wildman–Crippen MR) is 136 cm³/mol. The Morgan fingerprint density at radius 2 is 1.69 bits per heavy atom. The number of halogens is 1. The molecule has 0 heterocycles. The number of hydrogen-bond acceptors (Lipinski definition) is 4. The summed E-state index contributed by atoms with van der Waals surface area (Å²) in [5, 5.41) is 2.89. The molecule has 186 valence electrons. The average molecular weight is 480 g/mol. The summed E-state index contributed by atoms with van der Waals surface area (Å²) in [5.41, 5.74) is 3.58. The zero-order valence-electron chi connectivity index (χ0n) is 21.1. The van der Waals surface area contributed by atoms with Crippen LogP contribution in [0.5, 0.6) is 5.75 Å². The molecule has 5 nitrogen and oxygen atoms in total. The van der Waals surface area contributed by atoms with Gasteiger partial charge in [0.25, 0.3) is 0 Å². The minimum absolute atomic E-state index is 0.146. The molecule has 0 radical (unpaired) electrons. The molecule has 1 atom stereocenters. The first-order valence-corrected chi connectivity index (χ1v) is 11.7. The molecular formula is C29H34FNO4. The van der Waals surface area contributed by atoms with Crippen LogP contribution in [0.4, 0.5) is 9.18 Å². The Morgan fingerprint density at radius 3 is 2.37 bits per heavy atom. The van der Waals surface area contributed by atoms with Crippen LogP contribution in [0.2, 0.25) is 0 Å². The van der Waals surface area contributed by atoms with Crippen LogP contribution in [-0.4, -0.2) is 38.6 Å². The number of carbonyl (C=O) groups is 1. The van der Waals surface area contributed by atoms with Crippen LogP contribution in [0, 0.1) is 12.7 Å². The summed E-state index contributed by atoms with van der Waals surface area (Å²) in [6, 6.07) is 21.1. The summed E-state index contributed by atoms with van der Waals surface area (Å²) in [6.45, 7) is 8.42. The number of alkyl carbamates (subject to hydrolysis) is 1. The normalized spacial score (nSPS) is 12.2. The van der Waals surface area contributed by atoms with Crippen LogP contribution in [0.1, 0.15) is 43.4 Å². The molecule has 0 spiro atoms. The number of amides is 1. The first kappa shape index (κ1) is 26.2. The Kier molecular flexibility index (Phi) is 8.88. The minimum Gasteiger partial charge on any atom is -0.488 e. The molecule has 1 N–H and O–H groups in total. The lowest BCUT2D eigenvalue weighted by Crippen LogP contribution is -2.35. The van der Waals surface area contributed by atoms with Crippen LogP contribution in [-0.2, 0) is 9.47 Å². The number of nitrogens with one attached hydrogen (secondary N) is 1. The van der Waals surface area contributed by atoms with Crippen molar-refractivity contribution in [1.29, 1.82) is 0 Å². The van der Waals surface area contributed by atoms with Gasteiger partial charge in [-0.2, -0.15) is 0 Å². The molecule has 0 fully saturated rings. The maximum atomic E-state index is 15.4. The van der Waals surface area contributed by atoms with E-state index >= 15 is 4.39 Å². The number of rotatable bonds is 9. The monoisotopic (exact) mass is 479 g/mol. The van der Waals surface area contributed by atoms with Gasteiger partial charge >= 0.3 is 6.09 Å². The van der Waals surface area contributed by atoms with E-state index in [1.54, 1.807) is 25.3 Å². The van der Waals surface area contributed by atoms with E-state index in [1.807, 2.05) is 76.2 Å². The number of aryl methyl sites for hydroxylation is 1. The maximum Gasteiger partial charge on any atom is 0.407 e. The predicted octanol–water partition coefficient (Wildman–Crippen LogP) is 6.48. The van der Waals surface area contributed by atoms with Crippen molar-refractivity contribution in [3.63, 3.8) is 0 Å². The fourth-order valence-electron chi connectivity index (χ4n) is 3.82. The van der Waals surface area contributed by atoms with Crippen LogP contribution in [0.15, 0.2) is 66.7 Å². The topological polar surface area (TPSA) is 56.8 Å². The van der Waals surface area contributed by atoms with Crippen LogP contribution < -0.4 is 10.1 Å². The quantitative estimate of drug-likeness (QED) is 0.357. The lowest BCUT2D eigenvalue weighted by molar-refractivity contribution is 0.0526. The maximum absolute atomic E-state index is 15.4. The molecule has 6 heteroatoms. The third kappa shape index (κ3) is 7.30. The van der Waals surface area contributed by atoms with Crippen molar-refractivity contribution < 1.29 is 23.4 Å². The van der Waals surface area contributed by atoms with E-state index in [2.05, 4.69) is 5.32 Å². The molecule has 0 saturated heterocycles. The van der Waals surface area contributed by atoms with Crippen molar-refractivity contribution in [2.75, 3.05) is 26.9 Å². The molecule has 35 heavy (non-hydrogen) atoms. The average Bonchev–Trinajstić information content (AvgIpc) is 2.81. The van der Waals surface area contributed by atoms with Crippen LogP contribution in [0.25, 0.3) is 11.1 Å². The molecule has 1 unspecified atom stereocenters. The van der Waals surface area contributed by atoms with Gasteiger partial charge in [-0.05, 0) is 56.0 Å². The van der Waals surface area contributed by atoms with Gasteiger partial charge in [-0.1, -0.05) is 60.7 Å². The summed E-state index contributed by atoms with van der Waals surface area (Å²) in [7, 11) is 1.58. The van der Waals surface area contributed by atoms with Gasteiger partial charge in [-0.25, -0.2) is 9.18 Å². The highest BCUT2D eigenvalue weighted by Crippen LogP contribution is 2.34. The fourth-order valence-corrected chi connectivity index (χ4v) is 3.82. The summed E-state index contributed by atoms with van der Waals surface area (Å²) in [6.07, 6.45) is -0.474. The first-order chi connectivity index (χ1) is 16.7. The zero-order chi connectivity index (χ0) is 25.4. The molecule has 0 aliphatic rings. The van der Waals surface area contributed by atoms with Gasteiger partial charge in [-0.3, -0.25) is 0 Å². The lowest BCUT2D eigenvalue weighted by atomic mass is 9.87. The van der Waals surface area contributed by atoms with Gasteiger partial charge in [0.2, 0.25) is 0 Å². The number of ether oxygens (including phenoxy) is 3. The van der Waals surface area contributed by atoms with Crippen molar-refractivity contribution in [3.05, 3.63) is 89.2 Å². The second-order valence-electron chi connectivity index (χ2n) is 9.38. The SMILES string of the molecule is COCCOc1cccc(-c2cc(C(CNC(=O)OC(C)(C)C)c3ccccc3)ccc2C)c1F. The second-order valence-corrected chi connectivity index (χ2v) is 9.38. The van der Waals surface area contributed by atoms with E-state index in [0.29, 0.717) is 18.7 Å². The highest BCUT2D eigenvalue weighted by molar-refractivity contribution is 5.71. The molecule has 0 saturated carbocycles. The third-order valence-electron chi connectivity index (χ3n) is 5.51. The summed E-state index contributed by atoms with van der Waals surface area (Å²) in [4.78, 5) is 12.4. The van der Waals surface area contributed by atoms with Gasteiger partial charge in [-0.15, -0.1) is 0 Å². The zero-order valence-corrected chi connectivity index (χ0v) is 21.1. The lowest BCUT2D eigenvalue weighted by Gasteiger charge is -2.23. The van der Waals surface area contributed by atoms with Crippen molar-refractivity contribution in [2.24, 2.45) is 0 Å². The Bertz CT molecular complexity index is 1130. The molecule has 3 aromatic carbocycles. The summed E-state index contributed by atoms with van der Waals surface area (Å²) < 4.78 is 31.4. The van der Waals surface area contributed by atoms with E-state index in [0.717, 1.165) is 22.3 Å². The molecule has 0 bridgehead atoms. The summed E-state index contributed by atoms with van der Waals surface area (Å²) >= 11 is 0. The van der Waals surface area contributed by atoms with E-state index in [1.165, 1.54) is 0 Å². The van der Waals surface area contributed by atoms with Gasteiger partial charge < -0.3 is 19.5 Å². The van der Waals surface area contributed by atoms with Crippen LogP contribution >= 0.6 is 0 Å². The minimum atomic E-state index is -0.586. The molecule has 0 aliphatic heterocycles. The molecule has 3 rings (SSSR count). The largest absolute Gasteiger partial charge is 0.488 e. The molecule has 1 amide bonds. The van der Waals surface area contributed by atoms with E-state index in [9.17, 15) is 4.79 Å². The molecular weight excluding hydrogens is 445 g/mol. The van der Waals surface area contributed by atoms with Gasteiger partial charge in [0.1, 0.15) is 12.2 Å². The Morgan fingerprint density at radius 1 is 0.943 bits per heavy atom.